The first-order valence-electron chi connectivity index (χ1n) is 5.18. The SMILES string of the molecule is C=C(C)OC(=O)N1CCC(=O)C(C(=O)OC)C1. The lowest BCUT2D eigenvalue weighted by Crippen LogP contribution is -2.47. The Hall–Kier alpha value is -1.85. The van der Waals surface area contributed by atoms with Crippen molar-refractivity contribution in [3.05, 3.63) is 12.3 Å². The third kappa shape index (κ3) is 3.30. The Morgan fingerprint density at radius 3 is 2.65 bits per heavy atom. The third-order valence-electron chi connectivity index (χ3n) is 2.43. The van der Waals surface area contributed by atoms with Crippen molar-refractivity contribution < 1.29 is 23.9 Å². The smallest absolute Gasteiger partial charge is 0.414 e. The van der Waals surface area contributed by atoms with E-state index in [9.17, 15) is 14.4 Å². The van der Waals surface area contributed by atoms with Gasteiger partial charge in [-0.25, -0.2) is 4.79 Å². The predicted molar refractivity (Wildman–Crippen MR) is 58.0 cm³/mol. The van der Waals surface area contributed by atoms with Crippen LogP contribution in [0.2, 0.25) is 0 Å². The maximum Gasteiger partial charge on any atom is 0.414 e. The fraction of sp³-hybridized carbons (Fsp3) is 0.545. The van der Waals surface area contributed by atoms with Gasteiger partial charge >= 0.3 is 12.1 Å². The molecule has 1 aliphatic rings. The molecule has 17 heavy (non-hydrogen) atoms. The first-order valence-corrected chi connectivity index (χ1v) is 5.18. The van der Waals surface area contributed by atoms with E-state index in [4.69, 9.17) is 4.74 Å². The third-order valence-corrected chi connectivity index (χ3v) is 2.43. The molecule has 1 rings (SSSR count). The molecule has 6 nitrogen and oxygen atoms in total. The van der Waals surface area contributed by atoms with Crippen molar-refractivity contribution in [1.82, 2.24) is 4.90 Å². The number of carbonyl (C=O) groups excluding carboxylic acids is 3. The number of ketones is 1. The quantitative estimate of drug-likeness (QED) is 0.404. The standard InChI is InChI=1S/C11H15NO5/c1-7(2)17-11(15)12-5-4-9(13)8(6-12)10(14)16-3/h8H,1,4-6H2,2-3H3. The van der Waals surface area contributed by atoms with Crippen molar-refractivity contribution in [2.24, 2.45) is 5.92 Å². The number of piperidine rings is 1. The van der Waals surface area contributed by atoms with Gasteiger partial charge in [0.2, 0.25) is 0 Å². The monoisotopic (exact) mass is 241 g/mol. The normalized spacial score (nSPS) is 19.8. The molecular weight excluding hydrogens is 226 g/mol. The number of esters is 1. The van der Waals surface area contributed by atoms with Gasteiger partial charge in [-0.15, -0.1) is 0 Å². The van der Waals surface area contributed by atoms with Crippen LogP contribution in [0.15, 0.2) is 12.3 Å². The fourth-order valence-electron chi connectivity index (χ4n) is 1.56. The van der Waals surface area contributed by atoms with Crippen LogP contribution in [0.3, 0.4) is 0 Å². The number of Topliss-reactive ketones (excluding diaryl/α,β-unsaturated/α-hetero) is 1. The summed E-state index contributed by atoms with van der Waals surface area (Å²) in [5.41, 5.74) is 0. The summed E-state index contributed by atoms with van der Waals surface area (Å²) in [6.45, 7) is 5.24. The Morgan fingerprint density at radius 1 is 1.47 bits per heavy atom. The number of rotatable bonds is 2. The van der Waals surface area contributed by atoms with Crippen LogP contribution >= 0.6 is 0 Å². The number of likely N-dealkylation sites (tertiary alicyclic amines) is 1. The highest BCUT2D eigenvalue weighted by molar-refractivity contribution is 6.00. The zero-order valence-corrected chi connectivity index (χ0v) is 9.89. The lowest BCUT2D eigenvalue weighted by atomic mass is 9.97. The van der Waals surface area contributed by atoms with E-state index in [1.807, 2.05) is 0 Å². The van der Waals surface area contributed by atoms with Gasteiger partial charge in [-0.1, -0.05) is 6.58 Å². The number of nitrogens with zero attached hydrogens (tertiary/aromatic N) is 1. The molecule has 1 fully saturated rings. The number of ether oxygens (including phenoxy) is 2. The summed E-state index contributed by atoms with van der Waals surface area (Å²) in [5.74, 6) is -1.48. The van der Waals surface area contributed by atoms with E-state index in [1.54, 1.807) is 6.92 Å². The molecule has 0 radical (unpaired) electrons. The van der Waals surface area contributed by atoms with Crippen LogP contribution in [0.1, 0.15) is 13.3 Å². The minimum absolute atomic E-state index is 0.00236. The molecule has 1 aliphatic heterocycles. The number of amides is 1. The van der Waals surface area contributed by atoms with Gasteiger partial charge in [-0.05, 0) is 6.92 Å². The molecule has 0 bridgehead atoms. The maximum atomic E-state index is 11.6. The minimum atomic E-state index is -0.911. The molecule has 0 saturated carbocycles. The van der Waals surface area contributed by atoms with Gasteiger partial charge in [0.15, 0.2) is 5.78 Å². The first-order chi connectivity index (χ1) is 7.95. The second-order valence-electron chi connectivity index (χ2n) is 3.81. The first kappa shape index (κ1) is 13.2. The topological polar surface area (TPSA) is 72.9 Å². The minimum Gasteiger partial charge on any atom is -0.468 e. The van der Waals surface area contributed by atoms with Gasteiger partial charge in [-0.3, -0.25) is 9.59 Å². The Kier molecular flexibility index (Phi) is 4.25. The van der Waals surface area contributed by atoms with Crippen LogP contribution in [0.25, 0.3) is 0 Å². The number of methoxy groups -OCH3 is 1. The summed E-state index contributed by atoms with van der Waals surface area (Å²) in [5, 5.41) is 0. The van der Waals surface area contributed by atoms with Crippen molar-refractivity contribution in [3.63, 3.8) is 0 Å². The molecule has 0 aliphatic carbocycles. The van der Waals surface area contributed by atoms with Crippen LogP contribution in [0.4, 0.5) is 4.79 Å². The van der Waals surface area contributed by atoms with Crippen molar-refractivity contribution in [2.45, 2.75) is 13.3 Å². The molecule has 1 heterocycles. The van der Waals surface area contributed by atoms with E-state index in [2.05, 4.69) is 11.3 Å². The molecule has 94 valence electrons. The van der Waals surface area contributed by atoms with Crippen LogP contribution in [-0.4, -0.2) is 42.9 Å². The fourth-order valence-corrected chi connectivity index (χ4v) is 1.56. The highest BCUT2D eigenvalue weighted by atomic mass is 16.6. The number of hydrogen-bond donors (Lipinski definition) is 0. The van der Waals surface area contributed by atoms with E-state index >= 15 is 0 Å². The van der Waals surface area contributed by atoms with Gasteiger partial charge in [0.1, 0.15) is 5.92 Å². The lowest BCUT2D eigenvalue weighted by Gasteiger charge is -2.29. The van der Waals surface area contributed by atoms with E-state index < -0.39 is 18.0 Å². The molecule has 0 aromatic heterocycles. The number of hydrogen-bond acceptors (Lipinski definition) is 5. The van der Waals surface area contributed by atoms with Crippen LogP contribution in [0, 0.1) is 5.92 Å². The van der Waals surface area contributed by atoms with Crippen molar-refractivity contribution in [1.29, 1.82) is 0 Å². The molecule has 0 aromatic carbocycles. The Bertz CT molecular complexity index is 355. The van der Waals surface area contributed by atoms with Crippen LogP contribution < -0.4 is 0 Å². The molecule has 1 unspecified atom stereocenters. The van der Waals surface area contributed by atoms with E-state index in [-0.39, 0.29) is 31.1 Å². The summed E-state index contributed by atoms with van der Waals surface area (Å²) in [6.07, 6.45) is -0.468. The van der Waals surface area contributed by atoms with E-state index in [1.165, 1.54) is 12.0 Å². The molecular formula is C11H15NO5. The van der Waals surface area contributed by atoms with Crippen molar-refractivity contribution >= 4 is 17.8 Å². The van der Waals surface area contributed by atoms with Gasteiger partial charge in [0.05, 0.1) is 12.9 Å². The Morgan fingerprint density at radius 2 is 2.12 bits per heavy atom. The van der Waals surface area contributed by atoms with Gasteiger partial charge in [0, 0.05) is 19.5 Å². The Balaban J connectivity index is 2.67. The molecule has 0 N–H and O–H groups in total. The van der Waals surface area contributed by atoms with Gasteiger partial charge in [-0.2, -0.15) is 0 Å². The Labute approximate surface area is 99.2 Å². The van der Waals surface area contributed by atoms with Crippen molar-refractivity contribution in [3.8, 4) is 0 Å². The largest absolute Gasteiger partial charge is 0.468 e. The van der Waals surface area contributed by atoms with Gasteiger partial charge < -0.3 is 14.4 Å². The van der Waals surface area contributed by atoms with Gasteiger partial charge in [0.25, 0.3) is 0 Å². The molecule has 0 aromatic rings. The summed E-state index contributed by atoms with van der Waals surface area (Å²) in [4.78, 5) is 35.7. The lowest BCUT2D eigenvalue weighted by molar-refractivity contribution is -0.151. The second-order valence-corrected chi connectivity index (χ2v) is 3.81. The molecule has 1 saturated heterocycles. The molecule has 1 amide bonds. The average Bonchev–Trinajstić information content (AvgIpc) is 2.27. The van der Waals surface area contributed by atoms with Crippen LogP contribution in [-0.2, 0) is 19.1 Å². The predicted octanol–water partition coefficient (Wildman–Crippen LogP) is 0.721. The summed E-state index contributed by atoms with van der Waals surface area (Å²) >= 11 is 0. The van der Waals surface area contributed by atoms with Crippen molar-refractivity contribution in [2.75, 3.05) is 20.2 Å². The highest BCUT2D eigenvalue weighted by Crippen LogP contribution is 2.16. The zero-order chi connectivity index (χ0) is 13.0. The summed E-state index contributed by atoms with van der Waals surface area (Å²) in [6, 6.07) is 0. The number of allylic oxidation sites excluding steroid dienone is 1. The molecule has 1 atom stereocenters. The average molecular weight is 241 g/mol. The maximum absolute atomic E-state index is 11.6. The van der Waals surface area contributed by atoms with E-state index in [0.717, 1.165) is 0 Å². The highest BCUT2D eigenvalue weighted by Gasteiger charge is 2.36. The summed E-state index contributed by atoms with van der Waals surface area (Å²) < 4.78 is 9.33. The van der Waals surface area contributed by atoms with Crippen LogP contribution in [0.5, 0.6) is 0 Å². The zero-order valence-electron chi connectivity index (χ0n) is 9.89. The summed E-state index contributed by atoms with van der Waals surface area (Å²) in [7, 11) is 1.21. The molecule has 0 spiro atoms. The number of carbonyl (C=O) groups is 3. The second kappa shape index (κ2) is 5.47. The molecule has 6 heteroatoms. The van der Waals surface area contributed by atoms with E-state index in [0.29, 0.717) is 0 Å².